The van der Waals surface area contributed by atoms with E-state index in [1.54, 1.807) is 13.0 Å². The second-order valence-corrected chi connectivity index (χ2v) is 9.94. The molecular weight excluding hydrogens is 476 g/mol. The van der Waals surface area contributed by atoms with Gasteiger partial charge < -0.3 is 9.64 Å². The fraction of sp³-hybridized carbons (Fsp3) is 0.355. The summed E-state index contributed by atoms with van der Waals surface area (Å²) in [5, 5.41) is 2.39. The Morgan fingerprint density at radius 1 is 1.11 bits per heavy atom. The molecule has 7 heteroatoms. The predicted molar refractivity (Wildman–Crippen MR) is 153 cm³/mol. The average Bonchev–Trinajstić information content (AvgIpc) is 3.39. The summed E-state index contributed by atoms with van der Waals surface area (Å²) < 4.78 is 5.47. The maximum atomic E-state index is 13.5. The summed E-state index contributed by atoms with van der Waals surface area (Å²) in [4.78, 5) is 31.1. The topological polar surface area (TPSA) is 73.9 Å². The van der Waals surface area contributed by atoms with Gasteiger partial charge in [-0.3, -0.25) is 15.1 Å². The molecule has 1 fully saturated rings. The van der Waals surface area contributed by atoms with Crippen LogP contribution in [0.3, 0.4) is 0 Å². The monoisotopic (exact) mass is 514 g/mol. The van der Waals surface area contributed by atoms with E-state index in [0.29, 0.717) is 12.1 Å². The molecule has 0 unspecified atom stereocenters. The third-order valence-electron chi connectivity index (χ3n) is 7.27. The fourth-order valence-corrected chi connectivity index (χ4v) is 5.22. The molecule has 0 aromatic heterocycles. The van der Waals surface area contributed by atoms with Crippen LogP contribution >= 0.6 is 0 Å². The van der Waals surface area contributed by atoms with Gasteiger partial charge in [-0.2, -0.15) is 0 Å². The minimum atomic E-state index is -1.29. The van der Waals surface area contributed by atoms with Gasteiger partial charge in [0, 0.05) is 26.3 Å². The second kappa shape index (κ2) is 12.2. The molecule has 1 amide bonds. The van der Waals surface area contributed by atoms with E-state index < -0.39 is 11.5 Å². The zero-order chi connectivity index (χ0) is 27.1. The van der Waals surface area contributed by atoms with Crippen molar-refractivity contribution in [3.63, 3.8) is 0 Å². The first-order valence-corrected chi connectivity index (χ1v) is 13.2. The zero-order valence-electron chi connectivity index (χ0n) is 22.6. The quantitative estimate of drug-likeness (QED) is 0.223. The first-order chi connectivity index (χ1) is 18.4. The SMILES string of the molecule is C=CC[C@@](NNC(=O)[C@@H]1CCCN1Cc1cccc2ccccc12)(C(=O)OCC)c1ccc(N(C)C)cc1. The lowest BCUT2D eigenvalue weighted by Crippen LogP contribution is -2.59. The number of fused-ring (bicyclic) bond motifs is 1. The van der Waals surface area contributed by atoms with E-state index in [1.165, 1.54) is 16.3 Å². The van der Waals surface area contributed by atoms with Crippen LogP contribution in [0.15, 0.2) is 79.4 Å². The number of rotatable bonds is 11. The Kier molecular flexibility index (Phi) is 8.81. The predicted octanol–water partition coefficient (Wildman–Crippen LogP) is 4.53. The van der Waals surface area contributed by atoms with E-state index in [-0.39, 0.29) is 25.0 Å². The fourth-order valence-electron chi connectivity index (χ4n) is 5.22. The van der Waals surface area contributed by atoms with Crippen LogP contribution in [0.4, 0.5) is 5.69 Å². The number of hydrogen-bond acceptors (Lipinski definition) is 6. The summed E-state index contributed by atoms with van der Waals surface area (Å²) in [7, 11) is 3.92. The van der Waals surface area contributed by atoms with Crippen LogP contribution < -0.4 is 15.8 Å². The highest BCUT2D eigenvalue weighted by Crippen LogP contribution is 2.30. The van der Waals surface area contributed by atoms with E-state index in [0.717, 1.165) is 25.1 Å². The smallest absolute Gasteiger partial charge is 0.333 e. The molecule has 3 aromatic carbocycles. The Morgan fingerprint density at radius 2 is 1.84 bits per heavy atom. The Bertz CT molecular complexity index is 1270. The van der Waals surface area contributed by atoms with Gasteiger partial charge in [-0.25, -0.2) is 10.2 Å². The van der Waals surface area contributed by atoms with Crippen LogP contribution in [0.2, 0.25) is 0 Å². The molecule has 3 aromatic rings. The van der Waals surface area contributed by atoms with Gasteiger partial charge in [0.1, 0.15) is 0 Å². The molecule has 1 heterocycles. The lowest BCUT2D eigenvalue weighted by molar-refractivity contribution is -0.152. The number of nitrogens with one attached hydrogen (secondary N) is 2. The van der Waals surface area contributed by atoms with Crippen molar-refractivity contribution in [2.24, 2.45) is 0 Å². The highest BCUT2D eigenvalue weighted by Gasteiger charge is 2.42. The molecule has 200 valence electrons. The molecule has 1 aliphatic heterocycles. The number of carbonyl (C=O) groups excluding carboxylic acids is 2. The number of ether oxygens (including phenoxy) is 1. The lowest BCUT2D eigenvalue weighted by Gasteiger charge is -2.33. The molecule has 7 nitrogen and oxygen atoms in total. The number of amides is 1. The molecular formula is C31H38N4O3. The Balaban J connectivity index is 1.55. The number of carbonyl (C=O) groups is 2. The molecule has 0 spiro atoms. The maximum absolute atomic E-state index is 13.5. The van der Waals surface area contributed by atoms with Crippen molar-refractivity contribution in [2.45, 2.75) is 44.3 Å². The summed E-state index contributed by atoms with van der Waals surface area (Å²) >= 11 is 0. The molecule has 0 radical (unpaired) electrons. The molecule has 4 rings (SSSR count). The van der Waals surface area contributed by atoms with E-state index in [9.17, 15) is 9.59 Å². The molecule has 0 saturated carbocycles. The van der Waals surface area contributed by atoms with Gasteiger partial charge in [0.15, 0.2) is 5.54 Å². The Morgan fingerprint density at radius 3 is 2.55 bits per heavy atom. The number of hydrazine groups is 1. The average molecular weight is 515 g/mol. The first-order valence-electron chi connectivity index (χ1n) is 13.2. The molecule has 2 atom stereocenters. The van der Waals surface area contributed by atoms with E-state index in [1.807, 2.05) is 55.4 Å². The third-order valence-corrected chi connectivity index (χ3v) is 7.27. The van der Waals surface area contributed by atoms with Gasteiger partial charge >= 0.3 is 5.97 Å². The molecule has 1 saturated heterocycles. The Labute approximate surface area is 225 Å². The maximum Gasteiger partial charge on any atom is 0.333 e. The van der Waals surface area contributed by atoms with Crippen LogP contribution in [0, 0.1) is 0 Å². The van der Waals surface area contributed by atoms with Gasteiger partial charge in [-0.05, 0) is 66.8 Å². The largest absolute Gasteiger partial charge is 0.464 e. The van der Waals surface area contributed by atoms with Gasteiger partial charge in [-0.15, -0.1) is 6.58 Å². The van der Waals surface area contributed by atoms with Crippen molar-refractivity contribution in [3.8, 4) is 0 Å². The number of esters is 1. The van der Waals surface area contributed by atoms with E-state index in [2.05, 4.69) is 52.7 Å². The van der Waals surface area contributed by atoms with Crippen LogP contribution in [0.1, 0.15) is 37.3 Å². The van der Waals surface area contributed by atoms with Gasteiger partial charge in [0.2, 0.25) is 0 Å². The highest BCUT2D eigenvalue weighted by molar-refractivity contribution is 5.87. The van der Waals surface area contributed by atoms with Crippen molar-refractivity contribution < 1.29 is 14.3 Å². The molecule has 1 aliphatic rings. The van der Waals surface area contributed by atoms with Crippen LogP contribution in [-0.2, 0) is 26.4 Å². The normalized spacial score (nSPS) is 17.1. The molecule has 2 N–H and O–H groups in total. The number of anilines is 1. The van der Waals surface area contributed by atoms with Gasteiger partial charge in [-0.1, -0.05) is 60.7 Å². The summed E-state index contributed by atoms with van der Waals surface area (Å²) in [6.07, 6.45) is 3.60. The van der Waals surface area contributed by atoms with Crippen molar-refractivity contribution in [3.05, 3.63) is 90.5 Å². The zero-order valence-corrected chi connectivity index (χ0v) is 22.6. The summed E-state index contributed by atoms with van der Waals surface area (Å²) in [5.41, 5.74) is 7.58. The molecule has 38 heavy (non-hydrogen) atoms. The van der Waals surface area contributed by atoms with E-state index >= 15 is 0 Å². The summed E-state index contributed by atoms with van der Waals surface area (Å²) in [6, 6.07) is 22.0. The van der Waals surface area contributed by atoms with Crippen LogP contribution in [0.5, 0.6) is 0 Å². The standard InChI is InChI=1S/C31H38N4O3/c1-5-20-31(30(37)38-6-2,25-16-18-26(19-17-25)34(3)4)33-32-29(36)28-15-10-21-35(28)22-24-13-9-12-23-11-7-8-14-27(23)24/h5,7-9,11-14,16-19,28,33H,1,6,10,15,20-22H2,2-4H3,(H,32,36)/t28-,31-/m0/s1. The number of nitrogens with zero attached hydrogens (tertiary/aromatic N) is 2. The number of hydrogen-bond donors (Lipinski definition) is 2. The van der Waals surface area contributed by atoms with E-state index in [4.69, 9.17) is 4.74 Å². The lowest BCUT2D eigenvalue weighted by atomic mass is 9.87. The summed E-state index contributed by atoms with van der Waals surface area (Å²) in [6.45, 7) is 7.39. The minimum absolute atomic E-state index is 0.162. The number of likely N-dealkylation sites (tertiary alicyclic amines) is 1. The van der Waals surface area contributed by atoms with Gasteiger partial charge in [0.25, 0.3) is 5.91 Å². The molecule has 0 aliphatic carbocycles. The Hall–Kier alpha value is -3.68. The van der Waals surface area contributed by atoms with Crippen LogP contribution in [-0.4, -0.2) is 50.1 Å². The first kappa shape index (κ1) is 27.4. The summed E-state index contributed by atoms with van der Waals surface area (Å²) in [5.74, 6) is -0.623. The number of benzene rings is 3. The van der Waals surface area contributed by atoms with Gasteiger partial charge in [0.05, 0.1) is 12.6 Å². The highest BCUT2D eigenvalue weighted by atomic mass is 16.5. The van der Waals surface area contributed by atoms with Crippen molar-refractivity contribution in [1.29, 1.82) is 0 Å². The van der Waals surface area contributed by atoms with Crippen molar-refractivity contribution >= 4 is 28.3 Å². The van der Waals surface area contributed by atoms with Crippen LogP contribution in [0.25, 0.3) is 10.8 Å². The van der Waals surface area contributed by atoms with Crippen molar-refractivity contribution in [1.82, 2.24) is 15.8 Å². The minimum Gasteiger partial charge on any atom is -0.464 e. The van der Waals surface area contributed by atoms with Crippen molar-refractivity contribution in [2.75, 3.05) is 32.1 Å². The molecule has 0 bridgehead atoms. The third kappa shape index (κ3) is 5.74. The second-order valence-electron chi connectivity index (χ2n) is 9.94.